The standard InChI is InChI=1S/C16H17FN2O5/c1-23-14(20)12-6-5-11(8-13(12)15(21)24-2)18-16(22)19-7-3-4-10(17)9-19/h4-6,8H,3,7,9H2,1-2H3,(H,18,22). The van der Waals surface area contributed by atoms with E-state index in [1.54, 1.807) is 0 Å². The Bertz CT molecular complexity index is 702. The number of nitrogens with one attached hydrogen (secondary N) is 1. The lowest BCUT2D eigenvalue weighted by molar-refractivity contribution is 0.0555. The van der Waals surface area contributed by atoms with E-state index in [0.717, 1.165) is 0 Å². The number of esters is 2. The molecule has 0 saturated heterocycles. The molecule has 0 atom stereocenters. The van der Waals surface area contributed by atoms with Crippen LogP contribution in [0.1, 0.15) is 27.1 Å². The van der Waals surface area contributed by atoms with E-state index in [1.807, 2.05) is 0 Å². The van der Waals surface area contributed by atoms with Crippen LogP contribution >= 0.6 is 0 Å². The number of rotatable bonds is 3. The molecule has 2 amide bonds. The van der Waals surface area contributed by atoms with E-state index < -0.39 is 18.0 Å². The molecular formula is C16H17FN2O5. The molecule has 24 heavy (non-hydrogen) atoms. The van der Waals surface area contributed by atoms with Crippen molar-refractivity contribution in [1.82, 2.24) is 4.90 Å². The number of hydrogen-bond donors (Lipinski definition) is 1. The molecule has 0 bridgehead atoms. The molecule has 1 aromatic carbocycles. The van der Waals surface area contributed by atoms with Gasteiger partial charge in [0.15, 0.2) is 0 Å². The van der Waals surface area contributed by atoms with Gasteiger partial charge in [-0.15, -0.1) is 0 Å². The summed E-state index contributed by atoms with van der Waals surface area (Å²) in [7, 11) is 2.37. The summed E-state index contributed by atoms with van der Waals surface area (Å²) in [6.07, 6.45) is 1.87. The van der Waals surface area contributed by atoms with Crippen LogP contribution in [-0.4, -0.2) is 50.2 Å². The fourth-order valence-electron chi connectivity index (χ4n) is 2.27. The zero-order chi connectivity index (χ0) is 17.7. The SMILES string of the molecule is COC(=O)c1ccc(NC(=O)N2CCC=C(F)C2)cc1C(=O)OC. The number of nitrogens with zero attached hydrogens (tertiary/aromatic N) is 1. The second-order valence-corrected chi connectivity index (χ2v) is 5.03. The van der Waals surface area contributed by atoms with E-state index in [-0.39, 0.29) is 29.2 Å². The predicted molar refractivity (Wildman–Crippen MR) is 83.5 cm³/mol. The Morgan fingerprint density at radius 2 is 1.79 bits per heavy atom. The molecule has 8 heteroatoms. The van der Waals surface area contributed by atoms with Crippen LogP contribution in [0.2, 0.25) is 0 Å². The van der Waals surface area contributed by atoms with Crippen LogP contribution in [0.3, 0.4) is 0 Å². The molecule has 7 nitrogen and oxygen atoms in total. The van der Waals surface area contributed by atoms with Gasteiger partial charge >= 0.3 is 18.0 Å². The Kier molecular flexibility index (Phi) is 5.51. The minimum absolute atomic E-state index is 0.0225. The maximum Gasteiger partial charge on any atom is 0.338 e. The molecule has 0 unspecified atom stereocenters. The maximum atomic E-state index is 13.3. The van der Waals surface area contributed by atoms with Crippen LogP contribution < -0.4 is 5.32 Å². The first kappa shape index (κ1) is 17.5. The monoisotopic (exact) mass is 336 g/mol. The molecular weight excluding hydrogens is 319 g/mol. The largest absolute Gasteiger partial charge is 0.465 e. The van der Waals surface area contributed by atoms with Crippen LogP contribution in [0, 0.1) is 0 Å². The van der Waals surface area contributed by atoms with Gasteiger partial charge in [0, 0.05) is 12.2 Å². The highest BCUT2D eigenvalue weighted by atomic mass is 19.1. The Balaban J connectivity index is 2.22. The van der Waals surface area contributed by atoms with Gasteiger partial charge in [0.25, 0.3) is 0 Å². The molecule has 128 valence electrons. The summed E-state index contributed by atoms with van der Waals surface area (Å²) in [5, 5.41) is 2.57. The summed E-state index contributed by atoms with van der Waals surface area (Å²) in [6.45, 7) is 0.291. The topological polar surface area (TPSA) is 84.9 Å². The van der Waals surface area contributed by atoms with Crippen molar-refractivity contribution in [2.75, 3.05) is 32.6 Å². The Morgan fingerprint density at radius 1 is 1.12 bits per heavy atom. The Morgan fingerprint density at radius 3 is 2.42 bits per heavy atom. The molecule has 2 rings (SSSR count). The highest BCUT2D eigenvalue weighted by molar-refractivity contribution is 6.04. The fourth-order valence-corrected chi connectivity index (χ4v) is 2.27. The van der Waals surface area contributed by atoms with Gasteiger partial charge < -0.3 is 19.7 Å². The lowest BCUT2D eigenvalue weighted by Crippen LogP contribution is -2.38. The number of amides is 2. The Labute approximate surface area is 138 Å². The van der Waals surface area contributed by atoms with Crippen molar-refractivity contribution in [1.29, 1.82) is 0 Å². The number of benzene rings is 1. The lowest BCUT2D eigenvalue weighted by atomic mass is 10.1. The fraction of sp³-hybridized carbons (Fsp3) is 0.312. The number of methoxy groups -OCH3 is 2. The third-order valence-corrected chi connectivity index (χ3v) is 3.48. The van der Waals surface area contributed by atoms with E-state index in [9.17, 15) is 18.8 Å². The molecule has 0 radical (unpaired) electrons. The van der Waals surface area contributed by atoms with Crippen molar-refractivity contribution in [2.45, 2.75) is 6.42 Å². The number of carbonyl (C=O) groups excluding carboxylic acids is 3. The number of halogens is 1. The van der Waals surface area contributed by atoms with E-state index in [4.69, 9.17) is 0 Å². The number of hydrogen-bond acceptors (Lipinski definition) is 5. The van der Waals surface area contributed by atoms with Crippen molar-refractivity contribution in [2.24, 2.45) is 0 Å². The minimum atomic E-state index is -0.738. The molecule has 1 heterocycles. The number of ether oxygens (including phenoxy) is 2. The molecule has 1 aromatic rings. The summed E-state index contributed by atoms with van der Waals surface area (Å²) in [4.78, 5) is 37.0. The van der Waals surface area contributed by atoms with Crippen molar-refractivity contribution < 1.29 is 28.2 Å². The van der Waals surface area contributed by atoms with E-state index >= 15 is 0 Å². The first-order chi connectivity index (χ1) is 11.5. The van der Waals surface area contributed by atoms with Crippen LogP contribution in [0.4, 0.5) is 14.9 Å². The quantitative estimate of drug-likeness (QED) is 0.857. The highest BCUT2D eigenvalue weighted by Crippen LogP contribution is 2.19. The number of anilines is 1. The van der Waals surface area contributed by atoms with Crippen LogP contribution in [0.5, 0.6) is 0 Å². The van der Waals surface area contributed by atoms with Crippen LogP contribution in [-0.2, 0) is 9.47 Å². The molecule has 1 aliphatic rings. The van der Waals surface area contributed by atoms with Gasteiger partial charge in [-0.25, -0.2) is 18.8 Å². The zero-order valence-electron chi connectivity index (χ0n) is 13.3. The average molecular weight is 336 g/mol. The van der Waals surface area contributed by atoms with Crippen LogP contribution in [0.15, 0.2) is 30.1 Å². The average Bonchev–Trinajstić information content (AvgIpc) is 2.60. The normalized spacial score (nSPS) is 13.8. The number of urea groups is 1. The second kappa shape index (κ2) is 7.58. The number of carbonyl (C=O) groups is 3. The molecule has 1 aliphatic heterocycles. The zero-order valence-corrected chi connectivity index (χ0v) is 13.3. The summed E-state index contributed by atoms with van der Waals surface area (Å²) in [6, 6.07) is 3.61. The lowest BCUT2D eigenvalue weighted by Gasteiger charge is -2.24. The van der Waals surface area contributed by atoms with Crippen molar-refractivity contribution >= 4 is 23.7 Å². The van der Waals surface area contributed by atoms with E-state index in [2.05, 4.69) is 14.8 Å². The first-order valence-electron chi connectivity index (χ1n) is 7.17. The highest BCUT2D eigenvalue weighted by Gasteiger charge is 2.21. The molecule has 0 saturated carbocycles. The second-order valence-electron chi connectivity index (χ2n) is 5.03. The van der Waals surface area contributed by atoms with Crippen molar-refractivity contribution in [3.8, 4) is 0 Å². The van der Waals surface area contributed by atoms with E-state index in [0.29, 0.717) is 13.0 Å². The Hall–Kier alpha value is -2.90. The maximum absolute atomic E-state index is 13.3. The van der Waals surface area contributed by atoms with E-state index in [1.165, 1.54) is 43.4 Å². The summed E-state index contributed by atoms with van der Waals surface area (Å²) in [5.41, 5.74) is 0.268. The smallest absolute Gasteiger partial charge is 0.338 e. The third-order valence-electron chi connectivity index (χ3n) is 3.48. The van der Waals surface area contributed by atoms with Crippen molar-refractivity contribution in [3.05, 3.63) is 41.2 Å². The molecule has 0 fully saturated rings. The predicted octanol–water partition coefficient (Wildman–Crippen LogP) is 2.35. The van der Waals surface area contributed by atoms with Gasteiger partial charge in [0.1, 0.15) is 5.83 Å². The van der Waals surface area contributed by atoms with Crippen molar-refractivity contribution in [3.63, 3.8) is 0 Å². The molecule has 0 spiro atoms. The molecule has 0 aliphatic carbocycles. The first-order valence-corrected chi connectivity index (χ1v) is 7.17. The van der Waals surface area contributed by atoms with Gasteiger partial charge in [0.05, 0.1) is 31.9 Å². The van der Waals surface area contributed by atoms with Crippen LogP contribution in [0.25, 0.3) is 0 Å². The van der Waals surface area contributed by atoms with Gasteiger partial charge in [-0.05, 0) is 30.7 Å². The van der Waals surface area contributed by atoms with Gasteiger partial charge in [0.2, 0.25) is 0 Å². The van der Waals surface area contributed by atoms with Gasteiger partial charge in [-0.3, -0.25) is 0 Å². The molecule has 1 N–H and O–H groups in total. The minimum Gasteiger partial charge on any atom is -0.465 e. The molecule has 0 aromatic heterocycles. The van der Waals surface area contributed by atoms with Gasteiger partial charge in [-0.1, -0.05) is 0 Å². The third kappa shape index (κ3) is 3.89. The summed E-state index contributed by atoms with van der Waals surface area (Å²) in [5.74, 6) is -1.80. The van der Waals surface area contributed by atoms with Gasteiger partial charge in [-0.2, -0.15) is 0 Å². The summed E-state index contributed by atoms with van der Waals surface area (Å²) < 4.78 is 22.5. The summed E-state index contributed by atoms with van der Waals surface area (Å²) >= 11 is 0.